The highest BCUT2D eigenvalue weighted by atomic mass is 19.1. The number of aromatic amines is 1. The van der Waals surface area contributed by atoms with Crippen molar-refractivity contribution in [1.29, 1.82) is 0 Å². The molecule has 0 radical (unpaired) electrons. The largest absolute Gasteiger partial charge is 0.350 e. The van der Waals surface area contributed by atoms with Crippen LogP contribution in [-0.2, 0) is 6.54 Å². The fraction of sp³-hybridized carbons (Fsp3) is 0.333. The Hall–Kier alpha value is -3.33. The Morgan fingerprint density at radius 2 is 2.07 bits per heavy atom. The molecule has 0 aliphatic rings. The van der Waals surface area contributed by atoms with Gasteiger partial charge in [-0.15, -0.1) is 0 Å². The van der Waals surface area contributed by atoms with Gasteiger partial charge in [-0.25, -0.2) is 14.2 Å². The van der Waals surface area contributed by atoms with E-state index in [0.29, 0.717) is 13.0 Å². The normalized spacial score (nSPS) is 12.3. The summed E-state index contributed by atoms with van der Waals surface area (Å²) in [6.45, 7) is 2.55. The number of hydrogen-bond donors (Lipinski definition) is 2. The van der Waals surface area contributed by atoms with Gasteiger partial charge < -0.3 is 10.2 Å². The molecule has 1 unspecified atom stereocenters. The second kappa shape index (κ2) is 9.00. The van der Waals surface area contributed by atoms with Gasteiger partial charge in [-0.3, -0.25) is 19.1 Å². The Morgan fingerprint density at radius 3 is 2.73 bits per heavy atom. The van der Waals surface area contributed by atoms with Gasteiger partial charge in [0.1, 0.15) is 11.5 Å². The average Bonchev–Trinajstić information content (AvgIpc) is 2.70. The topological polar surface area (TPSA) is 100 Å². The summed E-state index contributed by atoms with van der Waals surface area (Å²) in [5.41, 5.74) is 0.0647. The number of halogens is 1. The van der Waals surface area contributed by atoms with Crippen LogP contribution in [0.1, 0.15) is 35.3 Å². The molecule has 8 nitrogen and oxygen atoms in total. The number of carbonyl (C=O) groups excluding carboxylic acids is 1. The van der Waals surface area contributed by atoms with Crippen LogP contribution in [-0.4, -0.2) is 46.0 Å². The second-order valence-corrected chi connectivity index (χ2v) is 7.25. The quantitative estimate of drug-likeness (QED) is 0.614. The van der Waals surface area contributed by atoms with E-state index in [-0.39, 0.29) is 35.0 Å². The minimum absolute atomic E-state index is 0.171. The van der Waals surface area contributed by atoms with Crippen molar-refractivity contribution in [2.45, 2.75) is 25.9 Å². The summed E-state index contributed by atoms with van der Waals surface area (Å²) in [6.07, 6.45) is 2.03. The summed E-state index contributed by atoms with van der Waals surface area (Å²) in [7, 11) is 3.68. The number of likely N-dealkylation sites (N-methyl/N-ethyl adjacent to an activating group) is 1. The van der Waals surface area contributed by atoms with E-state index < -0.39 is 17.2 Å². The Kier molecular flexibility index (Phi) is 6.41. The van der Waals surface area contributed by atoms with Crippen molar-refractivity contribution in [3.8, 4) is 0 Å². The standard InChI is InChI=1S/C21H24FN5O3/c1-4-8-27-18-16(20(29)25-21(27)30)10-14(11-23-18)19(28)24-12-17(26(2)3)13-6-5-7-15(22)9-13/h5-7,9-11,17H,4,8,12H2,1-3H3,(H,24,28)(H,25,29,30). The highest BCUT2D eigenvalue weighted by Crippen LogP contribution is 2.18. The molecule has 2 aromatic heterocycles. The van der Waals surface area contributed by atoms with Crippen LogP contribution in [0, 0.1) is 5.82 Å². The van der Waals surface area contributed by atoms with Crippen molar-refractivity contribution >= 4 is 16.9 Å². The Morgan fingerprint density at radius 1 is 1.30 bits per heavy atom. The van der Waals surface area contributed by atoms with Crippen LogP contribution in [0.15, 0.2) is 46.1 Å². The van der Waals surface area contributed by atoms with E-state index >= 15 is 0 Å². The summed E-state index contributed by atoms with van der Waals surface area (Å²) >= 11 is 0. The molecule has 0 fully saturated rings. The van der Waals surface area contributed by atoms with Gasteiger partial charge in [-0.1, -0.05) is 19.1 Å². The number of rotatable bonds is 7. The number of hydrogen-bond acceptors (Lipinski definition) is 5. The number of pyridine rings is 1. The fourth-order valence-corrected chi connectivity index (χ4v) is 3.33. The van der Waals surface area contributed by atoms with Crippen molar-refractivity contribution in [1.82, 2.24) is 24.8 Å². The SMILES string of the molecule is CCCn1c(=O)[nH]c(=O)c2cc(C(=O)NCC(c3cccc(F)c3)N(C)C)cnc21. The molecule has 3 aromatic rings. The number of nitrogens with zero attached hydrogens (tertiary/aromatic N) is 3. The van der Waals surface area contributed by atoms with E-state index in [1.165, 1.54) is 29.0 Å². The highest BCUT2D eigenvalue weighted by Gasteiger charge is 2.18. The highest BCUT2D eigenvalue weighted by molar-refractivity contribution is 5.96. The molecular weight excluding hydrogens is 389 g/mol. The number of aromatic nitrogens is 3. The van der Waals surface area contributed by atoms with Crippen LogP contribution in [0.2, 0.25) is 0 Å². The number of carbonyl (C=O) groups is 1. The Balaban J connectivity index is 1.86. The average molecular weight is 413 g/mol. The number of H-pyrrole nitrogens is 1. The van der Waals surface area contributed by atoms with Gasteiger partial charge in [0.2, 0.25) is 0 Å². The zero-order chi connectivity index (χ0) is 21.8. The molecule has 2 N–H and O–H groups in total. The van der Waals surface area contributed by atoms with Gasteiger partial charge in [-0.2, -0.15) is 0 Å². The molecule has 1 aromatic carbocycles. The lowest BCUT2D eigenvalue weighted by Crippen LogP contribution is -2.35. The van der Waals surface area contributed by atoms with Crippen molar-refractivity contribution in [2.75, 3.05) is 20.6 Å². The third kappa shape index (κ3) is 4.46. The zero-order valence-electron chi connectivity index (χ0n) is 17.1. The predicted octanol–water partition coefficient (Wildman–Crippen LogP) is 1.67. The number of aryl methyl sites for hydroxylation is 1. The van der Waals surface area contributed by atoms with E-state index in [0.717, 1.165) is 5.56 Å². The van der Waals surface area contributed by atoms with Crippen LogP contribution < -0.4 is 16.6 Å². The predicted molar refractivity (Wildman–Crippen MR) is 112 cm³/mol. The monoisotopic (exact) mass is 413 g/mol. The van der Waals surface area contributed by atoms with Gasteiger partial charge in [0.25, 0.3) is 11.5 Å². The molecule has 0 aliphatic heterocycles. The lowest BCUT2D eigenvalue weighted by Gasteiger charge is -2.25. The van der Waals surface area contributed by atoms with Crippen LogP contribution in [0.5, 0.6) is 0 Å². The zero-order valence-corrected chi connectivity index (χ0v) is 17.1. The molecule has 1 amide bonds. The summed E-state index contributed by atoms with van der Waals surface area (Å²) in [5.74, 6) is -0.762. The first kappa shape index (κ1) is 21.4. The molecule has 0 saturated carbocycles. The molecule has 0 aliphatic carbocycles. The maximum absolute atomic E-state index is 13.6. The fourth-order valence-electron chi connectivity index (χ4n) is 3.33. The Bertz CT molecular complexity index is 1190. The van der Waals surface area contributed by atoms with E-state index in [9.17, 15) is 18.8 Å². The third-order valence-electron chi connectivity index (χ3n) is 4.85. The van der Waals surface area contributed by atoms with Crippen molar-refractivity contribution in [3.05, 3.63) is 74.3 Å². The molecule has 0 saturated heterocycles. The number of benzene rings is 1. The van der Waals surface area contributed by atoms with E-state index in [4.69, 9.17) is 0 Å². The second-order valence-electron chi connectivity index (χ2n) is 7.25. The van der Waals surface area contributed by atoms with Crippen LogP contribution >= 0.6 is 0 Å². The number of fused-ring (bicyclic) bond motifs is 1. The van der Waals surface area contributed by atoms with Crippen molar-refractivity contribution in [2.24, 2.45) is 0 Å². The first-order valence-corrected chi connectivity index (χ1v) is 9.64. The number of nitrogens with one attached hydrogen (secondary N) is 2. The van der Waals surface area contributed by atoms with E-state index in [1.54, 1.807) is 12.1 Å². The molecule has 0 bridgehead atoms. The molecule has 2 heterocycles. The lowest BCUT2D eigenvalue weighted by molar-refractivity contribution is 0.0941. The smallest absolute Gasteiger partial charge is 0.329 e. The molecule has 9 heteroatoms. The first-order valence-electron chi connectivity index (χ1n) is 9.64. The first-order chi connectivity index (χ1) is 14.3. The van der Waals surface area contributed by atoms with Crippen LogP contribution in [0.25, 0.3) is 11.0 Å². The molecule has 1 atom stereocenters. The molecule has 3 rings (SSSR count). The van der Waals surface area contributed by atoms with Gasteiger partial charge in [-0.05, 0) is 44.3 Å². The summed E-state index contributed by atoms with van der Waals surface area (Å²) in [6, 6.07) is 7.40. The minimum atomic E-state index is -0.588. The molecule has 0 spiro atoms. The van der Waals surface area contributed by atoms with Gasteiger partial charge in [0.15, 0.2) is 0 Å². The summed E-state index contributed by atoms with van der Waals surface area (Å²) in [5, 5.41) is 2.98. The Labute approximate surface area is 172 Å². The van der Waals surface area contributed by atoms with Crippen LogP contribution in [0.3, 0.4) is 0 Å². The lowest BCUT2D eigenvalue weighted by atomic mass is 10.1. The summed E-state index contributed by atoms with van der Waals surface area (Å²) < 4.78 is 15.0. The van der Waals surface area contributed by atoms with E-state index in [1.807, 2.05) is 25.9 Å². The third-order valence-corrected chi connectivity index (χ3v) is 4.85. The van der Waals surface area contributed by atoms with Gasteiger partial charge in [0.05, 0.1) is 17.0 Å². The van der Waals surface area contributed by atoms with Gasteiger partial charge in [0, 0.05) is 19.3 Å². The maximum Gasteiger partial charge on any atom is 0.329 e. The van der Waals surface area contributed by atoms with Crippen LogP contribution in [0.4, 0.5) is 4.39 Å². The molecule has 158 valence electrons. The van der Waals surface area contributed by atoms with E-state index in [2.05, 4.69) is 15.3 Å². The molecular formula is C21H24FN5O3. The van der Waals surface area contributed by atoms with Gasteiger partial charge >= 0.3 is 5.69 Å². The summed E-state index contributed by atoms with van der Waals surface area (Å²) in [4.78, 5) is 45.3. The maximum atomic E-state index is 13.6. The van der Waals surface area contributed by atoms with Crippen molar-refractivity contribution < 1.29 is 9.18 Å². The molecule has 30 heavy (non-hydrogen) atoms. The number of amides is 1. The van der Waals surface area contributed by atoms with Crippen molar-refractivity contribution in [3.63, 3.8) is 0 Å². The minimum Gasteiger partial charge on any atom is -0.350 e.